The van der Waals surface area contributed by atoms with E-state index in [1.165, 1.54) is 36.8 Å². The van der Waals surface area contributed by atoms with E-state index in [1.807, 2.05) is 0 Å². The molecule has 2 atom stereocenters. The first kappa shape index (κ1) is 18.2. The van der Waals surface area contributed by atoms with Crippen LogP contribution in [0.3, 0.4) is 0 Å². The number of ether oxygens (including phenoxy) is 1. The Labute approximate surface area is 131 Å². The number of benzene rings is 1. The van der Waals surface area contributed by atoms with Crippen molar-refractivity contribution in [3.05, 3.63) is 35.4 Å². The van der Waals surface area contributed by atoms with Crippen molar-refractivity contribution in [1.82, 2.24) is 5.32 Å². The summed E-state index contributed by atoms with van der Waals surface area (Å²) in [7, 11) is 0. The average Bonchev–Trinajstić information content (AvgIpc) is 2.48. The normalized spacial score (nSPS) is 14.1. The van der Waals surface area contributed by atoms with Gasteiger partial charge in [0.1, 0.15) is 0 Å². The summed E-state index contributed by atoms with van der Waals surface area (Å²) in [5, 5.41) is 3.42. The first-order valence-corrected chi connectivity index (χ1v) is 8.60. The van der Waals surface area contributed by atoms with Crippen LogP contribution in [-0.2, 0) is 4.74 Å². The zero-order chi connectivity index (χ0) is 15.5. The molecule has 120 valence electrons. The summed E-state index contributed by atoms with van der Waals surface area (Å²) < 4.78 is 6.31. The molecular weight excluding hydrogens is 258 g/mol. The number of nitrogens with one attached hydrogen (secondary N) is 1. The van der Waals surface area contributed by atoms with Gasteiger partial charge in [-0.1, -0.05) is 69.4 Å². The van der Waals surface area contributed by atoms with E-state index < -0.39 is 0 Å². The lowest BCUT2D eigenvalue weighted by Gasteiger charge is -2.23. The molecule has 2 nitrogen and oxygen atoms in total. The van der Waals surface area contributed by atoms with Gasteiger partial charge < -0.3 is 10.1 Å². The molecule has 0 aliphatic carbocycles. The molecule has 0 saturated carbocycles. The molecule has 0 heterocycles. The third-order valence-corrected chi connectivity index (χ3v) is 3.85. The predicted octanol–water partition coefficient (Wildman–Crippen LogP) is 5.02. The highest BCUT2D eigenvalue weighted by molar-refractivity contribution is 5.24. The third kappa shape index (κ3) is 7.63. The Morgan fingerprint density at radius 2 is 1.95 bits per heavy atom. The van der Waals surface area contributed by atoms with Crippen LogP contribution in [0.1, 0.15) is 70.1 Å². The Morgan fingerprint density at radius 1 is 1.14 bits per heavy atom. The lowest BCUT2D eigenvalue weighted by molar-refractivity contribution is -0.00786. The summed E-state index contributed by atoms with van der Waals surface area (Å²) in [6.07, 6.45) is 6.88. The van der Waals surface area contributed by atoms with Crippen molar-refractivity contribution < 1.29 is 4.74 Å². The molecule has 21 heavy (non-hydrogen) atoms. The van der Waals surface area contributed by atoms with Gasteiger partial charge in [-0.25, -0.2) is 0 Å². The molecule has 1 rings (SSSR count). The number of rotatable bonds is 11. The number of unbranched alkanes of at least 4 members (excludes halogenated alkanes) is 3. The maximum atomic E-state index is 6.31. The van der Waals surface area contributed by atoms with Gasteiger partial charge >= 0.3 is 0 Å². The summed E-state index contributed by atoms with van der Waals surface area (Å²) >= 11 is 0. The van der Waals surface area contributed by atoms with Crippen molar-refractivity contribution in [1.29, 1.82) is 0 Å². The van der Waals surface area contributed by atoms with Crippen LogP contribution >= 0.6 is 0 Å². The van der Waals surface area contributed by atoms with E-state index in [0.29, 0.717) is 6.10 Å². The molecule has 0 aliphatic rings. The average molecular weight is 291 g/mol. The minimum Gasteiger partial charge on any atom is -0.369 e. The minimum absolute atomic E-state index is 0.158. The quantitative estimate of drug-likeness (QED) is 0.578. The predicted molar refractivity (Wildman–Crippen MR) is 91.8 cm³/mol. The monoisotopic (exact) mass is 291 g/mol. The molecule has 2 heteroatoms. The molecule has 0 bridgehead atoms. The zero-order valence-electron chi connectivity index (χ0n) is 14.3. The Balaban J connectivity index is 2.53. The van der Waals surface area contributed by atoms with Crippen LogP contribution in [0.4, 0.5) is 0 Å². The van der Waals surface area contributed by atoms with Crippen molar-refractivity contribution in [2.24, 2.45) is 0 Å². The van der Waals surface area contributed by atoms with Crippen molar-refractivity contribution in [2.45, 2.75) is 72.0 Å². The van der Waals surface area contributed by atoms with E-state index in [0.717, 1.165) is 19.5 Å². The molecule has 0 fully saturated rings. The van der Waals surface area contributed by atoms with E-state index in [4.69, 9.17) is 4.74 Å². The molecule has 0 radical (unpaired) electrons. The van der Waals surface area contributed by atoms with Crippen LogP contribution in [0.5, 0.6) is 0 Å². The summed E-state index contributed by atoms with van der Waals surface area (Å²) in [6.45, 7) is 10.6. The lowest BCUT2D eigenvalue weighted by atomic mass is 10.1. The SMILES string of the molecule is CCCCCCC(C)OC(CNCC)c1cccc(C)c1. The van der Waals surface area contributed by atoms with E-state index in [2.05, 4.69) is 57.3 Å². The van der Waals surface area contributed by atoms with Crippen LogP contribution in [-0.4, -0.2) is 19.2 Å². The van der Waals surface area contributed by atoms with Crippen LogP contribution in [0.2, 0.25) is 0 Å². The highest BCUT2D eigenvalue weighted by Crippen LogP contribution is 2.21. The maximum Gasteiger partial charge on any atom is 0.0952 e. The number of aryl methyl sites for hydroxylation is 1. The molecule has 0 aromatic heterocycles. The van der Waals surface area contributed by atoms with Crippen LogP contribution < -0.4 is 5.32 Å². The van der Waals surface area contributed by atoms with Gasteiger partial charge in [0.25, 0.3) is 0 Å². The molecule has 1 N–H and O–H groups in total. The molecule has 0 aliphatic heterocycles. The van der Waals surface area contributed by atoms with Crippen molar-refractivity contribution in [3.63, 3.8) is 0 Å². The van der Waals surface area contributed by atoms with Gasteiger partial charge in [0.05, 0.1) is 12.2 Å². The van der Waals surface area contributed by atoms with Gasteiger partial charge in [-0.2, -0.15) is 0 Å². The highest BCUT2D eigenvalue weighted by Gasteiger charge is 2.15. The van der Waals surface area contributed by atoms with E-state index >= 15 is 0 Å². The molecular formula is C19H33NO. The fourth-order valence-electron chi connectivity index (χ4n) is 2.60. The first-order chi connectivity index (χ1) is 10.2. The fraction of sp³-hybridized carbons (Fsp3) is 0.684. The Morgan fingerprint density at radius 3 is 2.62 bits per heavy atom. The Bertz CT molecular complexity index is 378. The topological polar surface area (TPSA) is 21.3 Å². The molecule has 0 saturated heterocycles. The summed E-state index contributed by atoms with van der Waals surface area (Å²) in [5.41, 5.74) is 2.59. The zero-order valence-corrected chi connectivity index (χ0v) is 14.3. The largest absolute Gasteiger partial charge is 0.369 e. The first-order valence-electron chi connectivity index (χ1n) is 8.60. The summed E-state index contributed by atoms with van der Waals surface area (Å²) in [6, 6.07) is 8.69. The van der Waals surface area contributed by atoms with Gasteiger partial charge in [-0.05, 0) is 32.4 Å². The summed E-state index contributed by atoms with van der Waals surface area (Å²) in [4.78, 5) is 0. The Kier molecular flexibility index (Phi) is 9.36. The highest BCUT2D eigenvalue weighted by atomic mass is 16.5. The van der Waals surface area contributed by atoms with Crippen molar-refractivity contribution >= 4 is 0 Å². The van der Waals surface area contributed by atoms with Gasteiger partial charge in [-0.3, -0.25) is 0 Å². The molecule has 1 aromatic rings. The standard InChI is InChI=1S/C19H33NO/c1-5-7-8-9-12-17(4)21-19(15-20-6-2)18-13-10-11-16(3)14-18/h10-11,13-14,17,19-20H,5-9,12,15H2,1-4H3. The van der Waals surface area contributed by atoms with E-state index in [-0.39, 0.29) is 6.10 Å². The second kappa shape index (κ2) is 10.8. The summed E-state index contributed by atoms with van der Waals surface area (Å²) in [5.74, 6) is 0. The molecule has 2 unspecified atom stereocenters. The van der Waals surface area contributed by atoms with Gasteiger partial charge in [0.2, 0.25) is 0 Å². The van der Waals surface area contributed by atoms with E-state index in [1.54, 1.807) is 0 Å². The molecule has 1 aromatic carbocycles. The van der Waals surface area contributed by atoms with Crippen LogP contribution in [0.25, 0.3) is 0 Å². The minimum atomic E-state index is 0.158. The number of hydrogen-bond acceptors (Lipinski definition) is 2. The van der Waals surface area contributed by atoms with Gasteiger partial charge in [-0.15, -0.1) is 0 Å². The smallest absolute Gasteiger partial charge is 0.0952 e. The van der Waals surface area contributed by atoms with Gasteiger partial charge in [0, 0.05) is 6.54 Å². The van der Waals surface area contributed by atoms with E-state index in [9.17, 15) is 0 Å². The van der Waals surface area contributed by atoms with Crippen LogP contribution in [0.15, 0.2) is 24.3 Å². The number of likely N-dealkylation sites (N-methyl/N-ethyl adjacent to an activating group) is 1. The van der Waals surface area contributed by atoms with Crippen molar-refractivity contribution in [2.75, 3.05) is 13.1 Å². The lowest BCUT2D eigenvalue weighted by Crippen LogP contribution is -2.26. The third-order valence-electron chi connectivity index (χ3n) is 3.85. The second-order valence-electron chi connectivity index (χ2n) is 6.01. The fourth-order valence-corrected chi connectivity index (χ4v) is 2.60. The second-order valence-corrected chi connectivity index (χ2v) is 6.01. The molecule has 0 amide bonds. The number of hydrogen-bond donors (Lipinski definition) is 1. The van der Waals surface area contributed by atoms with Crippen molar-refractivity contribution in [3.8, 4) is 0 Å². The molecule has 0 spiro atoms. The van der Waals surface area contributed by atoms with Crippen LogP contribution in [0, 0.1) is 6.92 Å². The van der Waals surface area contributed by atoms with Gasteiger partial charge in [0.15, 0.2) is 0 Å². The maximum absolute atomic E-state index is 6.31. The Hall–Kier alpha value is -0.860.